The lowest BCUT2D eigenvalue weighted by atomic mass is 9.72. The number of hydrogen-bond donors (Lipinski definition) is 4. The van der Waals surface area contributed by atoms with Crippen LogP contribution in [0.15, 0.2) is 48.5 Å². The lowest BCUT2D eigenvalue weighted by Gasteiger charge is -2.44. The standard InChI is InChI=1S/C35H47N3O8/c1-33(2,3)28(36-31(41)42)20-35(37-32(43)44,19-27-25-13-9-7-11-23(25)24-12-8-10-14-26(24)27)30(40)38-17-15-22(16-18-38)45-21-29(39)46-34(4,5)6/h7-14,22,27-28,36-37H,15-21H2,1-6H3,(H,41,42)(H,43,44). The summed E-state index contributed by atoms with van der Waals surface area (Å²) in [6, 6.07) is 15.0. The fourth-order valence-electron chi connectivity index (χ4n) is 6.60. The second kappa shape index (κ2) is 13.7. The van der Waals surface area contributed by atoms with Gasteiger partial charge in [0.15, 0.2) is 0 Å². The number of amides is 3. The van der Waals surface area contributed by atoms with Crippen molar-refractivity contribution in [1.82, 2.24) is 15.5 Å². The number of piperidine rings is 1. The highest BCUT2D eigenvalue weighted by Crippen LogP contribution is 2.49. The van der Waals surface area contributed by atoms with E-state index in [0.29, 0.717) is 12.8 Å². The van der Waals surface area contributed by atoms with E-state index in [4.69, 9.17) is 9.47 Å². The van der Waals surface area contributed by atoms with Crippen LogP contribution < -0.4 is 10.6 Å². The Morgan fingerprint density at radius 1 is 0.870 bits per heavy atom. The van der Waals surface area contributed by atoms with Gasteiger partial charge >= 0.3 is 18.2 Å². The van der Waals surface area contributed by atoms with Gasteiger partial charge in [-0.3, -0.25) is 4.79 Å². The lowest BCUT2D eigenvalue weighted by Crippen LogP contribution is -2.64. The maximum Gasteiger partial charge on any atom is 0.405 e. The number of esters is 1. The number of ether oxygens (including phenoxy) is 2. The predicted octanol–water partition coefficient (Wildman–Crippen LogP) is 5.62. The first-order chi connectivity index (χ1) is 21.5. The average Bonchev–Trinajstić information content (AvgIpc) is 3.27. The smallest absolute Gasteiger partial charge is 0.405 e. The minimum Gasteiger partial charge on any atom is -0.465 e. The number of nitrogens with zero attached hydrogens (tertiary/aromatic N) is 1. The van der Waals surface area contributed by atoms with E-state index in [2.05, 4.69) is 10.6 Å². The fourth-order valence-corrected chi connectivity index (χ4v) is 6.60. The first kappa shape index (κ1) is 34.7. The van der Waals surface area contributed by atoms with E-state index in [1.807, 2.05) is 69.3 Å². The Kier molecular flexibility index (Phi) is 10.4. The number of benzene rings is 2. The topological polar surface area (TPSA) is 154 Å². The molecule has 0 saturated carbocycles. The Bertz CT molecular complexity index is 1390. The highest BCUT2D eigenvalue weighted by Gasteiger charge is 2.50. The van der Waals surface area contributed by atoms with Crippen molar-refractivity contribution in [3.8, 4) is 11.1 Å². The Morgan fingerprint density at radius 2 is 1.41 bits per heavy atom. The van der Waals surface area contributed by atoms with Crippen LogP contribution in [0.25, 0.3) is 11.1 Å². The minimum atomic E-state index is -1.67. The monoisotopic (exact) mass is 637 g/mol. The molecule has 2 aromatic rings. The third-order valence-corrected chi connectivity index (χ3v) is 8.75. The lowest BCUT2D eigenvalue weighted by molar-refractivity contribution is -0.164. The van der Waals surface area contributed by atoms with Crippen molar-refractivity contribution in [2.75, 3.05) is 19.7 Å². The largest absolute Gasteiger partial charge is 0.465 e. The first-order valence-electron chi connectivity index (χ1n) is 15.8. The second-order valence-electron chi connectivity index (χ2n) is 14.4. The van der Waals surface area contributed by atoms with E-state index < -0.39 is 46.7 Å². The zero-order valence-electron chi connectivity index (χ0n) is 27.6. The number of rotatable bonds is 10. The van der Waals surface area contributed by atoms with Crippen LogP contribution in [-0.4, -0.2) is 82.2 Å². The van der Waals surface area contributed by atoms with Crippen molar-refractivity contribution in [2.24, 2.45) is 5.41 Å². The van der Waals surface area contributed by atoms with Gasteiger partial charge in [0.25, 0.3) is 0 Å². The maximum absolute atomic E-state index is 14.8. The number of carboxylic acid groups (broad SMARTS) is 2. The van der Waals surface area contributed by atoms with Gasteiger partial charge in [0.2, 0.25) is 5.91 Å². The summed E-state index contributed by atoms with van der Waals surface area (Å²) in [6.45, 7) is 11.3. The molecule has 0 spiro atoms. The van der Waals surface area contributed by atoms with Gasteiger partial charge in [-0.15, -0.1) is 0 Å². The molecule has 0 aromatic heterocycles. The Labute approximate surface area is 270 Å². The van der Waals surface area contributed by atoms with Crippen molar-refractivity contribution >= 4 is 24.1 Å². The summed E-state index contributed by atoms with van der Waals surface area (Å²) >= 11 is 0. The predicted molar refractivity (Wildman–Crippen MR) is 173 cm³/mol. The summed E-state index contributed by atoms with van der Waals surface area (Å²) in [5, 5.41) is 25.2. The van der Waals surface area contributed by atoms with Gasteiger partial charge in [-0.2, -0.15) is 0 Å². The molecule has 1 fully saturated rings. The number of hydrogen-bond acceptors (Lipinski definition) is 6. The van der Waals surface area contributed by atoms with Gasteiger partial charge in [0.05, 0.1) is 6.10 Å². The van der Waals surface area contributed by atoms with Gasteiger partial charge < -0.3 is 35.2 Å². The van der Waals surface area contributed by atoms with Crippen molar-refractivity contribution < 1.29 is 38.9 Å². The molecule has 11 heteroatoms. The quantitative estimate of drug-likeness (QED) is 0.245. The van der Waals surface area contributed by atoms with Gasteiger partial charge in [-0.1, -0.05) is 69.3 Å². The number of likely N-dealkylation sites (tertiary alicyclic amines) is 1. The summed E-state index contributed by atoms with van der Waals surface area (Å²) in [6.07, 6.45) is -2.00. The zero-order chi connectivity index (χ0) is 33.9. The number of nitrogens with one attached hydrogen (secondary N) is 2. The van der Waals surface area contributed by atoms with Crippen molar-refractivity contribution in [2.45, 2.75) is 96.4 Å². The molecule has 2 aromatic carbocycles. The summed E-state index contributed by atoms with van der Waals surface area (Å²) < 4.78 is 11.1. The van der Waals surface area contributed by atoms with Crippen LogP contribution in [-0.2, 0) is 19.1 Å². The highest BCUT2D eigenvalue weighted by molar-refractivity contribution is 5.91. The summed E-state index contributed by atoms with van der Waals surface area (Å²) in [5.74, 6) is -1.20. The van der Waals surface area contributed by atoms with Crippen molar-refractivity contribution in [3.05, 3.63) is 59.7 Å². The second-order valence-corrected chi connectivity index (χ2v) is 14.4. The molecule has 0 bridgehead atoms. The van der Waals surface area contributed by atoms with Crippen LogP contribution in [0.1, 0.15) is 84.3 Å². The van der Waals surface area contributed by atoms with E-state index in [9.17, 15) is 29.4 Å². The minimum absolute atomic E-state index is 0.0924. The van der Waals surface area contributed by atoms with Gasteiger partial charge in [0, 0.05) is 31.5 Å². The summed E-state index contributed by atoms with van der Waals surface area (Å²) in [5.41, 5.74) is 1.08. The van der Waals surface area contributed by atoms with E-state index in [-0.39, 0.29) is 44.6 Å². The molecule has 2 unspecified atom stereocenters. The third kappa shape index (κ3) is 8.37. The Balaban J connectivity index is 1.67. The van der Waals surface area contributed by atoms with Crippen molar-refractivity contribution in [1.29, 1.82) is 0 Å². The zero-order valence-corrected chi connectivity index (χ0v) is 27.6. The summed E-state index contributed by atoms with van der Waals surface area (Å²) in [4.78, 5) is 53.1. The van der Waals surface area contributed by atoms with Gasteiger partial charge in [-0.05, 0) is 67.7 Å². The average molecular weight is 638 g/mol. The van der Waals surface area contributed by atoms with Crippen molar-refractivity contribution in [3.63, 3.8) is 0 Å². The molecule has 4 rings (SSSR count). The maximum atomic E-state index is 14.8. The fraction of sp³-hybridized carbons (Fsp3) is 0.543. The molecule has 4 N–H and O–H groups in total. The van der Waals surface area contributed by atoms with Crippen LogP contribution in [0.4, 0.5) is 9.59 Å². The van der Waals surface area contributed by atoms with Crippen LogP contribution in [0.5, 0.6) is 0 Å². The molecule has 3 amide bonds. The molecule has 2 atom stereocenters. The SMILES string of the molecule is CC(C)(C)OC(=O)COC1CCN(C(=O)C(CC2c3ccccc3-c3ccccc32)(CC(NC(=O)O)C(C)(C)C)NC(=O)O)CC1. The van der Waals surface area contributed by atoms with E-state index in [0.717, 1.165) is 22.3 Å². The molecule has 1 heterocycles. The van der Waals surface area contributed by atoms with Crippen LogP contribution in [0.3, 0.4) is 0 Å². The normalized spacial score (nSPS) is 17.3. The molecule has 250 valence electrons. The third-order valence-electron chi connectivity index (χ3n) is 8.75. The number of carbonyl (C=O) groups excluding carboxylic acids is 2. The molecule has 2 aliphatic rings. The molecule has 1 aliphatic carbocycles. The number of fused-ring (bicyclic) bond motifs is 3. The molecule has 1 aliphatic heterocycles. The molecular weight excluding hydrogens is 590 g/mol. The first-order valence-corrected chi connectivity index (χ1v) is 15.8. The van der Waals surface area contributed by atoms with E-state index in [1.54, 1.807) is 25.7 Å². The van der Waals surface area contributed by atoms with Gasteiger partial charge in [-0.25, -0.2) is 14.4 Å². The molecular formula is C35H47N3O8. The number of carbonyl (C=O) groups is 4. The van der Waals surface area contributed by atoms with E-state index in [1.165, 1.54) is 0 Å². The van der Waals surface area contributed by atoms with E-state index >= 15 is 0 Å². The highest BCUT2D eigenvalue weighted by atomic mass is 16.6. The molecule has 11 nitrogen and oxygen atoms in total. The molecule has 1 saturated heterocycles. The molecule has 0 radical (unpaired) electrons. The van der Waals surface area contributed by atoms with Crippen LogP contribution in [0.2, 0.25) is 0 Å². The van der Waals surface area contributed by atoms with Crippen LogP contribution in [0, 0.1) is 5.41 Å². The Hall–Kier alpha value is -4.12. The summed E-state index contributed by atoms with van der Waals surface area (Å²) in [7, 11) is 0. The van der Waals surface area contributed by atoms with Crippen LogP contribution >= 0.6 is 0 Å². The molecule has 46 heavy (non-hydrogen) atoms. The Morgan fingerprint density at radius 3 is 1.89 bits per heavy atom. The van der Waals surface area contributed by atoms with Gasteiger partial charge in [0.1, 0.15) is 17.7 Å².